The first kappa shape index (κ1) is 38.0. The van der Waals surface area contributed by atoms with Crippen molar-refractivity contribution in [3.05, 3.63) is 0 Å². The highest BCUT2D eigenvalue weighted by molar-refractivity contribution is 9.10. The van der Waals surface area contributed by atoms with E-state index in [-0.39, 0.29) is 10.7 Å². The molecule has 0 aromatic heterocycles. The third kappa shape index (κ3) is 27.5. The molecule has 0 spiro atoms. The summed E-state index contributed by atoms with van der Waals surface area (Å²) < 4.78 is 0. The first-order valence-corrected chi connectivity index (χ1v) is 18.5. The van der Waals surface area contributed by atoms with Gasteiger partial charge in [0.15, 0.2) is 0 Å². The lowest BCUT2D eigenvalue weighted by Gasteiger charge is -2.24. The van der Waals surface area contributed by atoms with Crippen LogP contribution in [-0.4, -0.2) is 28.7 Å². The Morgan fingerprint density at radius 3 is 0.868 bits per heavy atom. The van der Waals surface area contributed by atoms with E-state index in [1.807, 2.05) is 6.92 Å². The fourth-order valence-corrected chi connectivity index (χ4v) is 5.87. The van der Waals surface area contributed by atoms with Crippen molar-refractivity contribution >= 4 is 21.8 Å². The largest absolute Gasteiger partial charge is 0.342 e. The van der Waals surface area contributed by atoms with Gasteiger partial charge in [0.2, 0.25) is 5.91 Å². The van der Waals surface area contributed by atoms with Crippen LogP contribution in [0.25, 0.3) is 0 Å². The fraction of sp³-hybridized carbons (Fsp3) is 0.971. The summed E-state index contributed by atoms with van der Waals surface area (Å²) in [6, 6.07) is 0. The molecule has 1 unspecified atom stereocenters. The summed E-state index contributed by atoms with van der Waals surface area (Å²) in [5.41, 5.74) is 0. The number of amides is 1. The highest BCUT2D eigenvalue weighted by Gasteiger charge is 2.17. The number of unbranched alkanes of at least 4 members (excludes halogenated alkanes) is 26. The van der Waals surface area contributed by atoms with Crippen molar-refractivity contribution in [3.8, 4) is 0 Å². The minimum Gasteiger partial charge on any atom is -0.342 e. The number of hydrogen-bond donors (Lipinski definition) is 0. The van der Waals surface area contributed by atoms with Crippen molar-refractivity contribution < 1.29 is 4.79 Å². The van der Waals surface area contributed by atoms with E-state index in [0.717, 1.165) is 13.1 Å². The van der Waals surface area contributed by atoms with Gasteiger partial charge < -0.3 is 4.90 Å². The van der Waals surface area contributed by atoms with Crippen molar-refractivity contribution in [2.24, 2.45) is 0 Å². The summed E-state index contributed by atoms with van der Waals surface area (Å²) >= 11 is 3.52. The van der Waals surface area contributed by atoms with Crippen LogP contribution in [0.3, 0.4) is 0 Å². The fourth-order valence-electron chi connectivity index (χ4n) is 5.58. The molecule has 0 rings (SSSR count). The molecule has 1 amide bonds. The normalized spacial score (nSPS) is 12.2. The van der Waals surface area contributed by atoms with Crippen molar-refractivity contribution in [3.63, 3.8) is 0 Å². The van der Waals surface area contributed by atoms with Gasteiger partial charge in [-0.1, -0.05) is 197 Å². The molecule has 0 fully saturated rings. The highest BCUT2D eigenvalue weighted by Crippen LogP contribution is 2.16. The lowest BCUT2D eigenvalue weighted by atomic mass is 10.0. The molecule has 1 atom stereocenters. The maximum atomic E-state index is 12.7. The second-order valence-corrected chi connectivity index (χ2v) is 13.5. The summed E-state index contributed by atoms with van der Waals surface area (Å²) in [4.78, 5) is 14.7. The van der Waals surface area contributed by atoms with Gasteiger partial charge >= 0.3 is 0 Å². The van der Waals surface area contributed by atoms with Crippen LogP contribution in [0.2, 0.25) is 0 Å². The number of carbonyl (C=O) groups excluding carboxylic acids is 1. The van der Waals surface area contributed by atoms with Gasteiger partial charge in [0.25, 0.3) is 0 Å². The molecule has 0 aliphatic heterocycles. The summed E-state index contributed by atoms with van der Waals surface area (Å²) in [6.07, 6.45) is 38.7. The standard InChI is InChI=1S/C35H70BrNO/c1-4-6-8-10-12-14-16-18-20-22-24-26-28-30-32-37(35(38)34(3)36)33-31-29-27-25-23-21-19-17-15-13-11-9-7-5-2/h34H,4-33H2,1-3H3. The van der Waals surface area contributed by atoms with E-state index in [1.54, 1.807) is 0 Å². The molecule has 0 radical (unpaired) electrons. The van der Waals surface area contributed by atoms with Crippen LogP contribution in [0, 0.1) is 0 Å². The number of rotatable bonds is 31. The third-order valence-corrected chi connectivity index (χ3v) is 8.61. The van der Waals surface area contributed by atoms with E-state index in [9.17, 15) is 4.79 Å². The first-order chi connectivity index (χ1) is 18.6. The summed E-state index contributed by atoms with van der Waals surface area (Å²) in [5.74, 6) is 0.286. The molecule has 0 bridgehead atoms. The Morgan fingerprint density at radius 2 is 0.658 bits per heavy atom. The Labute approximate surface area is 249 Å². The molecule has 0 aliphatic rings. The minimum atomic E-state index is -0.0548. The van der Waals surface area contributed by atoms with Crippen LogP contribution in [0.15, 0.2) is 0 Å². The molecule has 228 valence electrons. The van der Waals surface area contributed by atoms with E-state index < -0.39 is 0 Å². The average Bonchev–Trinajstić information content (AvgIpc) is 2.91. The molecule has 0 aromatic rings. The molecule has 0 N–H and O–H groups in total. The number of halogens is 1. The second-order valence-electron chi connectivity index (χ2n) is 12.1. The second kappa shape index (κ2) is 31.5. The summed E-state index contributed by atoms with van der Waals surface area (Å²) in [5, 5.41) is 0. The van der Waals surface area contributed by atoms with Gasteiger partial charge in [-0.05, 0) is 19.8 Å². The van der Waals surface area contributed by atoms with Gasteiger partial charge in [0, 0.05) is 13.1 Å². The average molecular weight is 601 g/mol. The molecule has 2 nitrogen and oxygen atoms in total. The van der Waals surface area contributed by atoms with Crippen LogP contribution < -0.4 is 0 Å². The van der Waals surface area contributed by atoms with Gasteiger partial charge in [0.1, 0.15) is 0 Å². The Morgan fingerprint density at radius 1 is 0.447 bits per heavy atom. The lowest BCUT2D eigenvalue weighted by molar-refractivity contribution is -0.130. The number of nitrogens with zero attached hydrogens (tertiary/aromatic N) is 1. The predicted molar refractivity (Wildman–Crippen MR) is 176 cm³/mol. The van der Waals surface area contributed by atoms with Crippen LogP contribution >= 0.6 is 15.9 Å². The van der Waals surface area contributed by atoms with E-state index in [2.05, 4.69) is 34.7 Å². The Hall–Kier alpha value is -0.0500. The van der Waals surface area contributed by atoms with E-state index in [4.69, 9.17) is 0 Å². The van der Waals surface area contributed by atoms with E-state index in [0.29, 0.717) is 0 Å². The maximum absolute atomic E-state index is 12.7. The third-order valence-electron chi connectivity index (χ3n) is 8.22. The quantitative estimate of drug-likeness (QED) is 0.0572. The zero-order chi connectivity index (χ0) is 27.9. The Bertz CT molecular complexity index is 435. The van der Waals surface area contributed by atoms with E-state index >= 15 is 0 Å². The van der Waals surface area contributed by atoms with E-state index in [1.165, 1.54) is 180 Å². The summed E-state index contributed by atoms with van der Waals surface area (Å²) in [6.45, 7) is 8.46. The highest BCUT2D eigenvalue weighted by atomic mass is 79.9. The topological polar surface area (TPSA) is 20.3 Å². The summed E-state index contributed by atoms with van der Waals surface area (Å²) in [7, 11) is 0. The van der Waals surface area contributed by atoms with Crippen molar-refractivity contribution in [2.45, 2.75) is 205 Å². The monoisotopic (exact) mass is 599 g/mol. The molecule has 0 aliphatic carbocycles. The molecule has 38 heavy (non-hydrogen) atoms. The van der Waals surface area contributed by atoms with Gasteiger partial charge in [-0.2, -0.15) is 0 Å². The number of carbonyl (C=O) groups is 1. The van der Waals surface area contributed by atoms with Crippen molar-refractivity contribution in [1.82, 2.24) is 4.90 Å². The van der Waals surface area contributed by atoms with Crippen LogP contribution in [0.5, 0.6) is 0 Å². The van der Waals surface area contributed by atoms with Crippen LogP contribution in [-0.2, 0) is 4.79 Å². The maximum Gasteiger partial charge on any atom is 0.236 e. The number of hydrogen-bond acceptors (Lipinski definition) is 1. The predicted octanol–water partition coefficient (Wildman–Crippen LogP) is 12.6. The lowest BCUT2D eigenvalue weighted by Crippen LogP contribution is -2.37. The van der Waals surface area contributed by atoms with Gasteiger partial charge in [-0.25, -0.2) is 0 Å². The Balaban J connectivity index is 3.63. The van der Waals surface area contributed by atoms with Gasteiger partial charge in [-0.3, -0.25) is 4.79 Å². The molecular formula is C35H70BrNO. The molecule has 0 heterocycles. The molecule has 0 saturated carbocycles. The SMILES string of the molecule is CCCCCCCCCCCCCCCCN(CCCCCCCCCCCCCCCC)C(=O)C(C)Br. The van der Waals surface area contributed by atoms with Crippen LogP contribution in [0.4, 0.5) is 0 Å². The molecule has 0 saturated heterocycles. The first-order valence-electron chi connectivity index (χ1n) is 17.6. The van der Waals surface area contributed by atoms with Crippen molar-refractivity contribution in [1.29, 1.82) is 0 Å². The Kier molecular flexibility index (Phi) is 31.4. The smallest absolute Gasteiger partial charge is 0.236 e. The minimum absolute atomic E-state index is 0.0548. The zero-order valence-corrected chi connectivity index (χ0v) is 28.1. The number of alkyl halides is 1. The molecule has 3 heteroatoms. The molecule has 0 aromatic carbocycles. The van der Waals surface area contributed by atoms with Gasteiger partial charge in [0.05, 0.1) is 4.83 Å². The van der Waals surface area contributed by atoms with Gasteiger partial charge in [-0.15, -0.1) is 0 Å². The van der Waals surface area contributed by atoms with Crippen molar-refractivity contribution in [2.75, 3.05) is 13.1 Å². The van der Waals surface area contributed by atoms with Crippen LogP contribution in [0.1, 0.15) is 201 Å². The zero-order valence-electron chi connectivity index (χ0n) is 26.5. The molecular weight excluding hydrogens is 530 g/mol.